The van der Waals surface area contributed by atoms with Gasteiger partial charge in [-0.2, -0.15) is 0 Å². The normalized spacial score (nSPS) is 20.3. The second-order valence-corrected chi connectivity index (χ2v) is 10.2. The van der Waals surface area contributed by atoms with Crippen LogP contribution < -0.4 is 4.90 Å². The molecule has 2 saturated heterocycles. The summed E-state index contributed by atoms with van der Waals surface area (Å²) in [7, 11) is -3.65. The molecule has 152 valence electrons. The predicted molar refractivity (Wildman–Crippen MR) is 111 cm³/mol. The number of anilines is 1. The first-order chi connectivity index (χ1) is 13.7. The zero-order chi connectivity index (χ0) is 20.8. The molecule has 0 unspecified atom stereocenters. The molecule has 0 radical (unpaired) electrons. The van der Waals surface area contributed by atoms with Crippen molar-refractivity contribution < 1.29 is 18.0 Å². The van der Waals surface area contributed by atoms with Gasteiger partial charge >= 0.3 is 0 Å². The fourth-order valence-corrected chi connectivity index (χ4v) is 6.51. The predicted octanol–water partition coefficient (Wildman–Crippen LogP) is 2.70. The largest absolute Gasteiger partial charge is 0.338 e. The minimum absolute atomic E-state index is 0.0923. The van der Waals surface area contributed by atoms with Crippen LogP contribution in [0.2, 0.25) is 0 Å². The Morgan fingerprint density at radius 1 is 1.00 bits per heavy atom. The molecule has 2 aliphatic heterocycles. The molecule has 2 aromatic rings. The number of hydrogen-bond donors (Lipinski definition) is 0. The Morgan fingerprint density at radius 3 is 2.28 bits per heavy atom. The van der Waals surface area contributed by atoms with Crippen LogP contribution in [0, 0.1) is 13.8 Å². The lowest BCUT2D eigenvalue weighted by atomic mass is 9.99. The van der Waals surface area contributed by atoms with Gasteiger partial charge in [-0.3, -0.25) is 14.5 Å². The van der Waals surface area contributed by atoms with Crippen LogP contribution in [0.3, 0.4) is 0 Å². The molecule has 2 aliphatic rings. The van der Waals surface area contributed by atoms with Gasteiger partial charge in [0.2, 0.25) is 5.91 Å². The van der Waals surface area contributed by atoms with Crippen LogP contribution >= 0.6 is 0 Å². The van der Waals surface area contributed by atoms with Crippen molar-refractivity contribution >= 4 is 27.3 Å². The molecule has 6 nitrogen and oxygen atoms in total. The van der Waals surface area contributed by atoms with Crippen molar-refractivity contribution in [2.24, 2.45) is 0 Å². The number of rotatable bonds is 2. The van der Waals surface area contributed by atoms with E-state index in [2.05, 4.69) is 0 Å². The van der Waals surface area contributed by atoms with Crippen LogP contribution in [0.5, 0.6) is 0 Å². The highest BCUT2D eigenvalue weighted by atomic mass is 32.2. The van der Waals surface area contributed by atoms with Crippen LogP contribution in [0.1, 0.15) is 34.3 Å². The van der Waals surface area contributed by atoms with Gasteiger partial charge in [-0.1, -0.05) is 35.9 Å². The summed E-state index contributed by atoms with van der Waals surface area (Å²) < 4.78 is 26.0. The maximum absolute atomic E-state index is 13.0. The third-order valence-electron chi connectivity index (χ3n) is 6.01. The zero-order valence-corrected chi connectivity index (χ0v) is 17.4. The zero-order valence-electron chi connectivity index (χ0n) is 16.6. The fourth-order valence-electron chi connectivity index (χ4n) is 4.50. The van der Waals surface area contributed by atoms with Gasteiger partial charge in [-0.25, -0.2) is 8.42 Å². The van der Waals surface area contributed by atoms with Crippen LogP contribution in [-0.4, -0.2) is 48.8 Å². The smallest absolute Gasteiger partial charge is 0.254 e. The number of carbonyl (C=O) groups excluding carboxylic acids is 2. The molecule has 2 aromatic carbocycles. The Balaban J connectivity index is 1.62. The summed E-state index contributed by atoms with van der Waals surface area (Å²) in [6.45, 7) is 4.47. The van der Waals surface area contributed by atoms with Crippen LogP contribution in [0.15, 0.2) is 48.5 Å². The average molecular weight is 413 g/mol. The van der Waals surface area contributed by atoms with E-state index in [1.807, 2.05) is 38.1 Å². The lowest BCUT2D eigenvalue weighted by molar-refractivity contribution is -0.116. The van der Waals surface area contributed by atoms with Crippen LogP contribution in [0.25, 0.3) is 0 Å². The Hall–Kier alpha value is -2.67. The van der Waals surface area contributed by atoms with E-state index >= 15 is 0 Å². The SMILES string of the molecule is Cc1ccc(C(=O)N2CCC3(CC2)N(c2ccccc2)C(=O)CS3(=O)=O)c(C)c1. The fraction of sp³-hybridized carbons (Fsp3) is 0.364. The van der Waals surface area contributed by atoms with E-state index in [4.69, 9.17) is 0 Å². The standard InChI is InChI=1S/C22H24N2O4S/c1-16-8-9-19(17(2)14-16)21(26)23-12-10-22(11-13-23)24(18-6-4-3-5-7-18)20(25)15-29(22,27)28/h3-9,14H,10-13,15H2,1-2H3. The maximum atomic E-state index is 13.0. The van der Waals surface area contributed by atoms with Gasteiger partial charge in [0, 0.05) is 37.2 Å². The van der Waals surface area contributed by atoms with Gasteiger partial charge < -0.3 is 4.90 Å². The van der Waals surface area contributed by atoms with E-state index < -0.39 is 26.4 Å². The summed E-state index contributed by atoms with van der Waals surface area (Å²) >= 11 is 0. The van der Waals surface area contributed by atoms with Crippen molar-refractivity contribution in [2.75, 3.05) is 23.7 Å². The quantitative estimate of drug-likeness (QED) is 0.760. The number of amides is 2. The van der Waals surface area contributed by atoms with Gasteiger partial charge in [0.15, 0.2) is 14.7 Å². The Labute approximate surface area is 171 Å². The number of aryl methyl sites for hydroxylation is 2. The van der Waals surface area contributed by atoms with Gasteiger partial charge in [-0.05, 0) is 37.6 Å². The van der Waals surface area contributed by atoms with Gasteiger partial charge in [-0.15, -0.1) is 0 Å². The molecule has 2 heterocycles. The number of sulfone groups is 1. The van der Waals surface area contributed by atoms with Gasteiger partial charge in [0.05, 0.1) is 0 Å². The third-order valence-corrected chi connectivity index (χ3v) is 8.38. The van der Waals surface area contributed by atoms with Crippen molar-refractivity contribution in [3.8, 4) is 0 Å². The summed E-state index contributed by atoms with van der Waals surface area (Å²) in [6, 6.07) is 14.6. The monoisotopic (exact) mass is 412 g/mol. The molecule has 4 rings (SSSR count). The number of piperidine rings is 1. The minimum atomic E-state index is -3.65. The first kappa shape index (κ1) is 19.6. The molecule has 0 saturated carbocycles. The second kappa shape index (κ2) is 6.99. The van der Waals surface area contributed by atoms with Crippen LogP contribution in [0.4, 0.5) is 5.69 Å². The first-order valence-corrected chi connectivity index (χ1v) is 11.4. The van der Waals surface area contributed by atoms with E-state index in [9.17, 15) is 18.0 Å². The Morgan fingerprint density at radius 2 is 1.66 bits per heavy atom. The number of likely N-dealkylation sites (tertiary alicyclic amines) is 1. The van der Waals surface area contributed by atoms with E-state index in [0.29, 0.717) is 24.3 Å². The molecule has 2 amide bonds. The second-order valence-electron chi connectivity index (χ2n) is 7.88. The number of nitrogens with zero attached hydrogens (tertiary/aromatic N) is 2. The number of carbonyl (C=O) groups is 2. The Kier molecular flexibility index (Phi) is 4.73. The summed E-state index contributed by atoms with van der Waals surface area (Å²) in [5, 5.41) is 0. The molecule has 0 bridgehead atoms. The van der Waals surface area contributed by atoms with Crippen molar-refractivity contribution in [2.45, 2.75) is 31.6 Å². The molecule has 0 N–H and O–H groups in total. The molecule has 7 heteroatoms. The third kappa shape index (κ3) is 3.13. The number of hydrogen-bond acceptors (Lipinski definition) is 4. The van der Waals surface area contributed by atoms with Gasteiger partial charge in [0.25, 0.3) is 5.91 Å². The highest BCUT2D eigenvalue weighted by Crippen LogP contribution is 2.42. The molecule has 1 spiro atoms. The average Bonchev–Trinajstić information content (AvgIpc) is 2.87. The van der Waals surface area contributed by atoms with E-state index in [-0.39, 0.29) is 18.7 Å². The van der Waals surface area contributed by atoms with Crippen molar-refractivity contribution in [3.05, 3.63) is 65.2 Å². The molecule has 0 aromatic heterocycles. The minimum Gasteiger partial charge on any atom is -0.338 e. The summed E-state index contributed by atoms with van der Waals surface area (Å²) in [5.41, 5.74) is 3.22. The van der Waals surface area contributed by atoms with Crippen molar-refractivity contribution in [1.29, 1.82) is 0 Å². The number of para-hydroxylation sites is 1. The lowest BCUT2D eigenvalue weighted by Gasteiger charge is -2.43. The molecule has 0 atom stereocenters. The molecule has 2 fully saturated rings. The summed E-state index contributed by atoms with van der Waals surface area (Å²) in [4.78, 5) is 27.5. The topological polar surface area (TPSA) is 74.8 Å². The van der Waals surface area contributed by atoms with E-state index in [1.165, 1.54) is 4.90 Å². The highest BCUT2D eigenvalue weighted by Gasteiger charge is 2.59. The summed E-state index contributed by atoms with van der Waals surface area (Å²) in [5.74, 6) is -0.969. The molecule has 0 aliphatic carbocycles. The lowest BCUT2D eigenvalue weighted by Crippen LogP contribution is -2.57. The molecule has 29 heavy (non-hydrogen) atoms. The summed E-state index contributed by atoms with van der Waals surface area (Å²) in [6.07, 6.45) is 0.430. The molecular weight excluding hydrogens is 388 g/mol. The highest BCUT2D eigenvalue weighted by molar-refractivity contribution is 7.94. The van der Waals surface area contributed by atoms with E-state index in [0.717, 1.165) is 11.1 Å². The van der Waals surface area contributed by atoms with Gasteiger partial charge in [0.1, 0.15) is 5.75 Å². The first-order valence-electron chi connectivity index (χ1n) is 9.72. The maximum Gasteiger partial charge on any atom is 0.254 e. The Bertz CT molecular complexity index is 1070. The number of benzene rings is 2. The van der Waals surface area contributed by atoms with Crippen molar-refractivity contribution in [3.63, 3.8) is 0 Å². The van der Waals surface area contributed by atoms with Crippen molar-refractivity contribution in [1.82, 2.24) is 4.90 Å². The van der Waals surface area contributed by atoms with E-state index in [1.54, 1.807) is 29.2 Å². The molecular formula is C22H24N2O4S. The van der Waals surface area contributed by atoms with Crippen LogP contribution in [-0.2, 0) is 14.6 Å².